The number of rotatable bonds is 4. The van der Waals surface area contributed by atoms with E-state index in [1.54, 1.807) is 12.1 Å². The lowest BCUT2D eigenvalue weighted by atomic mass is 9.98. The standard InChI is InChI=1S/C12H15BrClF/c1-3-8(2)10(13)7-9-11(14)5-4-6-12(9)15/h4-6,8,10H,3,7H2,1-2H3. The van der Waals surface area contributed by atoms with Crippen molar-refractivity contribution in [3.63, 3.8) is 0 Å². The highest BCUT2D eigenvalue weighted by Crippen LogP contribution is 2.26. The van der Waals surface area contributed by atoms with Crippen LogP contribution in [0.3, 0.4) is 0 Å². The van der Waals surface area contributed by atoms with Gasteiger partial charge < -0.3 is 0 Å². The van der Waals surface area contributed by atoms with Crippen LogP contribution in [0.25, 0.3) is 0 Å². The molecule has 1 aromatic rings. The maximum atomic E-state index is 13.5. The Morgan fingerprint density at radius 3 is 2.67 bits per heavy atom. The van der Waals surface area contributed by atoms with E-state index >= 15 is 0 Å². The van der Waals surface area contributed by atoms with Gasteiger partial charge in [-0.15, -0.1) is 0 Å². The van der Waals surface area contributed by atoms with Crippen molar-refractivity contribution in [1.29, 1.82) is 0 Å². The minimum Gasteiger partial charge on any atom is -0.207 e. The average Bonchev–Trinajstić information content (AvgIpc) is 2.22. The highest BCUT2D eigenvalue weighted by Gasteiger charge is 2.16. The molecular formula is C12H15BrClF. The molecule has 0 nitrogen and oxygen atoms in total. The van der Waals surface area contributed by atoms with Crippen molar-refractivity contribution < 1.29 is 4.39 Å². The van der Waals surface area contributed by atoms with Gasteiger partial charge in [-0.1, -0.05) is 53.9 Å². The molecule has 0 amide bonds. The lowest BCUT2D eigenvalue weighted by Crippen LogP contribution is -2.14. The van der Waals surface area contributed by atoms with E-state index in [1.165, 1.54) is 6.07 Å². The summed E-state index contributed by atoms with van der Waals surface area (Å²) in [7, 11) is 0. The zero-order valence-corrected chi connectivity index (χ0v) is 11.3. The lowest BCUT2D eigenvalue weighted by molar-refractivity contribution is 0.526. The molecule has 0 radical (unpaired) electrons. The summed E-state index contributed by atoms with van der Waals surface area (Å²) < 4.78 is 13.5. The molecule has 0 N–H and O–H groups in total. The molecule has 2 atom stereocenters. The molecule has 0 spiro atoms. The first-order chi connectivity index (χ1) is 7.06. The lowest BCUT2D eigenvalue weighted by Gasteiger charge is -2.17. The molecule has 1 aromatic carbocycles. The van der Waals surface area contributed by atoms with Gasteiger partial charge in [0, 0.05) is 15.4 Å². The first kappa shape index (κ1) is 13.0. The first-order valence-corrected chi connectivity index (χ1v) is 6.42. The van der Waals surface area contributed by atoms with Gasteiger partial charge in [0.2, 0.25) is 0 Å². The van der Waals surface area contributed by atoms with Crippen molar-refractivity contribution in [3.8, 4) is 0 Å². The van der Waals surface area contributed by atoms with E-state index in [9.17, 15) is 4.39 Å². The van der Waals surface area contributed by atoms with Crippen LogP contribution in [0.5, 0.6) is 0 Å². The minimum atomic E-state index is -0.213. The van der Waals surface area contributed by atoms with Gasteiger partial charge in [0.15, 0.2) is 0 Å². The Hall–Kier alpha value is -0.0800. The average molecular weight is 294 g/mol. The zero-order valence-electron chi connectivity index (χ0n) is 8.93. The fourth-order valence-electron chi connectivity index (χ4n) is 1.38. The second-order valence-corrected chi connectivity index (χ2v) is 5.39. The second kappa shape index (κ2) is 5.86. The van der Waals surface area contributed by atoms with E-state index in [4.69, 9.17) is 11.6 Å². The summed E-state index contributed by atoms with van der Waals surface area (Å²) in [6, 6.07) is 4.82. The second-order valence-electron chi connectivity index (χ2n) is 3.81. The quantitative estimate of drug-likeness (QED) is 0.697. The van der Waals surface area contributed by atoms with Crippen LogP contribution in [0, 0.1) is 11.7 Å². The van der Waals surface area contributed by atoms with E-state index in [2.05, 4.69) is 29.8 Å². The molecule has 0 saturated heterocycles. The molecule has 3 heteroatoms. The predicted molar refractivity (Wildman–Crippen MR) is 67.3 cm³/mol. The molecule has 0 heterocycles. The third-order valence-corrected chi connectivity index (χ3v) is 4.30. The van der Waals surface area contributed by atoms with E-state index in [-0.39, 0.29) is 10.6 Å². The summed E-state index contributed by atoms with van der Waals surface area (Å²) in [5, 5.41) is 0.516. The van der Waals surface area contributed by atoms with Crippen LogP contribution in [0.4, 0.5) is 4.39 Å². The Balaban J connectivity index is 2.80. The maximum Gasteiger partial charge on any atom is 0.127 e. The van der Waals surface area contributed by atoms with Crippen molar-refractivity contribution in [1.82, 2.24) is 0 Å². The monoisotopic (exact) mass is 292 g/mol. The first-order valence-electron chi connectivity index (χ1n) is 5.13. The van der Waals surface area contributed by atoms with E-state index in [0.29, 0.717) is 22.9 Å². The zero-order chi connectivity index (χ0) is 11.4. The molecule has 84 valence electrons. The molecule has 0 saturated carbocycles. The molecule has 0 bridgehead atoms. The fraction of sp³-hybridized carbons (Fsp3) is 0.500. The van der Waals surface area contributed by atoms with Crippen LogP contribution in [0.2, 0.25) is 5.02 Å². The predicted octanol–water partition coefficient (Wildman–Crippen LogP) is 4.83. The van der Waals surface area contributed by atoms with Gasteiger partial charge in [-0.2, -0.15) is 0 Å². The van der Waals surface area contributed by atoms with Crippen molar-refractivity contribution in [2.75, 3.05) is 0 Å². The van der Waals surface area contributed by atoms with Crippen LogP contribution >= 0.6 is 27.5 Å². The number of alkyl halides is 1. The van der Waals surface area contributed by atoms with Gasteiger partial charge in [-0.3, -0.25) is 0 Å². The third-order valence-electron chi connectivity index (χ3n) is 2.72. The van der Waals surface area contributed by atoms with Crippen molar-refractivity contribution in [2.45, 2.75) is 31.5 Å². The molecule has 15 heavy (non-hydrogen) atoms. The summed E-state index contributed by atoms with van der Waals surface area (Å²) in [5.74, 6) is 0.302. The molecule has 1 rings (SSSR count). The summed E-state index contributed by atoms with van der Waals surface area (Å²) in [6.45, 7) is 4.27. The Kier molecular flexibility index (Phi) is 5.07. The van der Waals surface area contributed by atoms with Gasteiger partial charge >= 0.3 is 0 Å². The normalized spacial score (nSPS) is 15.0. The molecule has 0 aromatic heterocycles. The van der Waals surface area contributed by atoms with Crippen molar-refractivity contribution >= 4 is 27.5 Å². The Morgan fingerprint density at radius 1 is 1.47 bits per heavy atom. The largest absolute Gasteiger partial charge is 0.207 e. The Labute approximate surface area is 104 Å². The highest BCUT2D eigenvalue weighted by molar-refractivity contribution is 9.09. The van der Waals surface area contributed by atoms with Gasteiger partial charge in [-0.25, -0.2) is 4.39 Å². The molecule has 0 aliphatic heterocycles. The number of benzene rings is 1. The van der Waals surface area contributed by atoms with E-state index in [0.717, 1.165) is 6.42 Å². The van der Waals surface area contributed by atoms with Crippen LogP contribution in [-0.4, -0.2) is 4.83 Å². The SMILES string of the molecule is CCC(C)C(Br)Cc1c(F)cccc1Cl. The third kappa shape index (κ3) is 3.46. The van der Waals surface area contributed by atoms with Crippen LogP contribution in [0.15, 0.2) is 18.2 Å². The molecular weight excluding hydrogens is 278 g/mol. The summed E-state index contributed by atoms with van der Waals surface area (Å²) >= 11 is 9.54. The summed E-state index contributed by atoms with van der Waals surface area (Å²) in [6.07, 6.45) is 1.71. The van der Waals surface area contributed by atoms with Gasteiger partial charge in [0.05, 0.1) is 0 Å². The summed E-state index contributed by atoms with van der Waals surface area (Å²) in [5.41, 5.74) is 0.612. The smallest absolute Gasteiger partial charge is 0.127 e. The van der Waals surface area contributed by atoms with E-state index < -0.39 is 0 Å². The van der Waals surface area contributed by atoms with Crippen molar-refractivity contribution in [2.24, 2.45) is 5.92 Å². The fourth-order valence-corrected chi connectivity index (χ4v) is 2.32. The van der Waals surface area contributed by atoms with E-state index in [1.807, 2.05) is 0 Å². The minimum absolute atomic E-state index is 0.213. The molecule has 2 unspecified atom stereocenters. The van der Waals surface area contributed by atoms with Crippen LogP contribution < -0.4 is 0 Å². The number of hydrogen-bond acceptors (Lipinski definition) is 0. The topological polar surface area (TPSA) is 0 Å². The van der Waals surface area contributed by atoms with Gasteiger partial charge in [-0.05, 0) is 24.5 Å². The number of hydrogen-bond donors (Lipinski definition) is 0. The Morgan fingerprint density at radius 2 is 2.13 bits per heavy atom. The van der Waals surface area contributed by atoms with Crippen LogP contribution in [-0.2, 0) is 6.42 Å². The molecule has 0 aliphatic carbocycles. The Bertz CT molecular complexity index is 307. The maximum absolute atomic E-state index is 13.5. The molecule has 0 fully saturated rings. The van der Waals surface area contributed by atoms with Gasteiger partial charge in [0.25, 0.3) is 0 Å². The molecule has 0 aliphatic rings. The van der Waals surface area contributed by atoms with Crippen molar-refractivity contribution in [3.05, 3.63) is 34.6 Å². The summed E-state index contributed by atoms with van der Waals surface area (Å²) in [4.78, 5) is 0.275. The highest BCUT2D eigenvalue weighted by atomic mass is 79.9. The van der Waals surface area contributed by atoms with Crippen LogP contribution in [0.1, 0.15) is 25.8 Å². The number of halogens is 3. The van der Waals surface area contributed by atoms with Gasteiger partial charge in [0.1, 0.15) is 5.82 Å².